The van der Waals surface area contributed by atoms with Crippen LogP contribution in [0.2, 0.25) is 0 Å². The Hall–Kier alpha value is -2.98. The highest BCUT2D eigenvalue weighted by atomic mass is 32.2. The number of sulfonamides is 1. The molecule has 1 heterocycles. The van der Waals surface area contributed by atoms with Crippen molar-refractivity contribution in [1.29, 1.82) is 0 Å². The number of rotatable bonds is 5. The molecule has 2 N–H and O–H groups in total. The number of nitrogens with one attached hydrogen (secondary N) is 2. The quantitative estimate of drug-likeness (QED) is 0.529. The summed E-state index contributed by atoms with van der Waals surface area (Å²) >= 11 is 0. The summed E-state index contributed by atoms with van der Waals surface area (Å²) in [6.45, 7) is -0.0474. The molecule has 0 spiro atoms. The second-order valence-electron chi connectivity index (χ2n) is 4.92. The highest BCUT2D eigenvalue weighted by Crippen LogP contribution is 2.18. The van der Waals surface area contributed by atoms with E-state index in [4.69, 9.17) is 4.42 Å². The van der Waals surface area contributed by atoms with E-state index in [1.165, 1.54) is 18.2 Å². The number of H-pyrrole nitrogens is 1. The van der Waals surface area contributed by atoms with Gasteiger partial charge in [0.25, 0.3) is 5.69 Å². The molecule has 0 saturated carbocycles. The van der Waals surface area contributed by atoms with Gasteiger partial charge in [0.05, 0.1) is 15.3 Å². The summed E-state index contributed by atoms with van der Waals surface area (Å²) in [5, 5.41) is 10.7. The Kier molecular flexibility index (Phi) is 3.91. The largest absolute Gasteiger partial charge is 0.417 e. The number of aromatic nitrogens is 1. The summed E-state index contributed by atoms with van der Waals surface area (Å²) < 4.78 is 31.7. The van der Waals surface area contributed by atoms with E-state index >= 15 is 0 Å². The van der Waals surface area contributed by atoms with Gasteiger partial charge in [0, 0.05) is 18.7 Å². The molecule has 10 heteroatoms. The minimum Gasteiger partial charge on any atom is -0.408 e. The van der Waals surface area contributed by atoms with Gasteiger partial charge >= 0.3 is 5.76 Å². The molecule has 0 aliphatic rings. The summed E-state index contributed by atoms with van der Waals surface area (Å²) in [5.74, 6) is -0.598. The predicted molar refractivity (Wildman–Crippen MR) is 84.0 cm³/mol. The summed E-state index contributed by atoms with van der Waals surface area (Å²) in [7, 11) is -3.91. The molecule has 0 amide bonds. The lowest BCUT2D eigenvalue weighted by molar-refractivity contribution is -0.385. The minimum atomic E-state index is -3.91. The standard InChI is InChI=1S/C14H11N3O6S/c18-14-16-12-6-9(4-5-13(12)23-14)8-15-24(21,22)11-3-1-2-10(7-11)17(19)20/h1-7,15H,8H2,(H,16,18). The molecule has 1 aromatic heterocycles. The van der Waals surface area contributed by atoms with Gasteiger partial charge in [-0.25, -0.2) is 17.9 Å². The fourth-order valence-electron chi connectivity index (χ4n) is 2.14. The number of fused-ring (bicyclic) bond motifs is 1. The Labute approximate surface area is 135 Å². The molecule has 0 unspecified atom stereocenters. The van der Waals surface area contributed by atoms with Gasteiger partial charge < -0.3 is 4.42 Å². The topological polar surface area (TPSA) is 135 Å². The maximum absolute atomic E-state index is 12.2. The average Bonchev–Trinajstić information content (AvgIpc) is 2.92. The fraction of sp³-hybridized carbons (Fsp3) is 0.0714. The molecule has 2 aromatic carbocycles. The lowest BCUT2D eigenvalue weighted by atomic mass is 10.2. The van der Waals surface area contributed by atoms with Crippen molar-refractivity contribution in [2.24, 2.45) is 0 Å². The zero-order chi connectivity index (χ0) is 17.3. The number of aromatic amines is 1. The molecule has 24 heavy (non-hydrogen) atoms. The summed E-state index contributed by atoms with van der Waals surface area (Å²) in [4.78, 5) is 23.4. The maximum atomic E-state index is 12.2. The SMILES string of the molecule is O=c1[nH]c2cc(CNS(=O)(=O)c3cccc([N+](=O)[O-])c3)ccc2o1. The molecule has 0 radical (unpaired) electrons. The van der Waals surface area contributed by atoms with Crippen LogP contribution >= 0.6 is 0 Å². The lowest BCUT2D eigenvalue weighted by Crippen LogP contribution is -2.23. The Morgan fingerprint density at radius 1 is 1.21 bits per heavy atom. The van der Waals surface area contributed by atoms with Crippen molar-refractivity contribution in [1.82, 2.24) is 9.71 Å². The van der Waals surface area contributed by atoms with Gasteiger partial charge in [0.1, 0.15) is 0 Å². The van der Waals surface area contributed by atoms with Gasteiger partial charge in [-0.3, -0.25) is 15.1 Å². The molecule has 3 aromatic rings. The first kappa shape index (κ1) is 15.9. The number of oxazole rings is 1. The second kappa shape index (κ2) is 5.91. The third-order valence-corrected chi connectivity index (χ3v) is 4.69. The number of benzene rings is 2. The molecule has 0 aliphatic carbocycles. The second-order valence-corrected chi connectivity index (χ2v) is 6.69. The molecule has 9 nitrogen and oxygen atoms in total. The first-order valence-corrected chi connectivity index (χ1v) is 8.19. The Bertz CT molecular complexity index is 1080. The van der Waals surface area contributed by atoms with Gasteiger partial charge in [-0.05, 0) is 23.8 Å². The van der Waals surface area contributed by atoms with Gasteiger partial charge in [-0.1, -0.05) is 12.1 Å². The van der Waals surface area contributed by atoms with E-state index < -0.39 is 20.7 Å². The number of nitro benzene ring substituents is 1. The van der Waals surface area contributed by atoms with E-state index in [1.807, 2.05) is 0 Å². The monoisotopic (exact) mass is 349 g/mol. The zero-order valence-electron chi connectivity index (χ0n) is 12.1. The van der Waals surface area contributed by atoms with Crippen LogP contribution in [0, 0.1) is 10.1 Å². The van der Waals surface area contributed by atoms with Crippen LogP contribution in [0.4, 0.5) is 5.69 Å². The number of hydrogen-bond donors (Lipinski definition) is 2. The summed E-state index contributed by atoms with van der Waals surface area (Å²) in [6.07, 6.45) is 0. The van der Waals surface area contributed by atoms with E-state index in [1.54, 1.807) is 18.2 Å². The van der Waals surface area contributed by atoms with Gasteiger partial charge in [-0.2, -0.15) is 0 Å². The highest BCUT2D eigenvalue weighted by Gasteiger charge is 2.17. The molecule has 3 rings (SSSR count). The van der Waals surface area contributed by atoms with Crippen LogP contribution in [-0.4, -0.2) is 18.3 Å². The molecule has 124 valence electrons. The van der Waals surface area contributed by atoms with Crippen molar-refractivity contribution < 1.29 is 17.8 Å². The van der Waals surface area contributed by atoms with Gasteiger partial charge in [0.15, 0.2) is 5.58 Å². The number of nitro groups is 1. The van der Waals surface area contributed by atoms with Gasteiger partial charge in [-0.15, -0.1) is 0 Å². The van der Waals surface area contributed by atoms with E-state index in [-0.39, 0.29) is 17.1 Å². The first-order chi connectivity index (χ1) is 11.3. The van der Waals surface area contributed by atoms with Crippen LogP contribution in [-0.2, 0) is 16.6 Å². The van der Waals surface area contributed by atoms with Crippen molar-refractivity contribution in [3.63, 3.8) is 0 Å². The van der Waals surface area contributed by atoms with E-state index in [0.29, 0.717) is 16.7 Å². The molecular formula is C14H11N3O6S. The number of hydrogen-bond acceptors (Lipinski definition) is 6. The molecule has 0 fully saturated rings. The van der Waals surface area contributed by atoms with Crippen molar-refractivity contribution in [3.8, 4) is 0 Å². The predicted octanol–water partition coefficient (Wildman–Crippen LogP) is 1.51. The molecule has 0 saturated heterocycles. The molecule has 0 atom stereocenters. The first-order valence-electron chi connectivity index (χ1n) is 6.71. The van der Waals surface area contributed by atoms with Crippen molar-refractivity contribution in [2.75, 3.05) is 0 Å². The van der Waals surface area contributed by atoms with Crippen LogP contribution in [0.3, 0.4) is 0 Å². The van der Waals surface area contributed by atoms with E-state index in [0.717, 1.165) is 6.07 Å². The fourth-order valence-corrected chi connectivity index (χ4v) is 3.19. The zero-order valence-corrected chi connectivity index (χ0v) is 12.9. The van der Waals surface area contributed by atoms with Crippen LogP contribution in [0.15, 0.2) is 56.6 Å². The third-order valence-electron chi connectivity index (χ3n) is 3.29. The molecule has 0 bridgehead atoms. The van der Waals surface area contributed by atoms with E-state index in [2.05, 4.69) is 9.71 Å². The van der Waals surface area contributed by atoms with Crippen LogP contribution in [0.25, 0.3) is 11.1 Å². The average molecular weight is 349 g/mol. The smallest absolute Gasteiger partial charge is 0.408 e. The normalized spacial score (nSPS) is 11.7. The summed E-state index contributed by atoms with van der Waals surface area (Å²) in [5.41, 5.74) is 1.10. The Morgan fingerprint density at radius 3 is 2.75 bits per heavy atom. The van der Waals surface area contributed by atoms with Crippen molar-refractivity contribution in [3.05, 3.63) is 68.7 Å². The van der Waals surface area contributed by atoms with E-state index in [9.17, 15) is 23.3 Å². The van der Waals surface area contributed by atoms with Crippen molar-refractivity contribution in [2.45, 2.75) is 11.4 Å². The molecular weight excluding hydrogens is 338 g/mol. The number of nitrogens with zero attached hydrogens (tertiary/aromatic N) is 1. The summed E-state index contributed by atoms with van der Waals surface area (Å²) in [6, 6.07) is 9.50. The minimum absolute atomic E-state index is 0.0474. The Morgan fingerprint density at radius 2 is 2.00 bits per heavy atom. The van der Waals surface area contributed by atoms with Gasteiger partial charge in [0.2, 0.25) is 10.0 Å². The highest BCUT2D eigenvalue weighted by molar-refractivity contribution is 7.89. The number of non-ortho nitro benzene ring substituents is 1. The maximum Gasteiger partial charge on any atom is 0.417 e. The van der Waals surface area contributed by atoms with Crippen LogP contribution in [0.5, 0.6) is 0 Å². The third kappa shape index (κ3) is 3.19. The van der Waals surface area contributed by atoms with Crippen LogP contribution < -0.4 is 10.5 Å². The Balaban J connectivity index is 1.82. The van der Waals surface area contributed by atoms with Crippen molar-refractivity contribution >= 4 is 26.8 Å². The molecule has 0 aliphatic heterocycles. The lowest BCUT2D eigenvalue weighted by Gasteiger charge is -2.07. The van der Waals surface area contributed by atoms with Crippen LogP contribution in [0.1, 0.15) is 5.56 Å².